The fourth-order valence-electron chi connectivity index (χ4n) is 4.19. The minimum atomic E-state index is -0.367. The van der Waals surface area contributed by atoms with Gasteiger partial charge in [0.1, 0.15) is 0 Å². The summed E-state index contributed by atoms with van der Waals surface area (Å²) in [6, 6.07) is 16.3. The maximum absolute atomic E-state index is 10.6. The molecule has 28 heavy (non-hydrogen) atoms. The largest absolute Gasteiger partial charge is 0.665 e. The maximum atomic E-state index is 10.6. The van der Waals surface area contributed by atoms with E-state index < -0.39 is 0 Å². The second-order valence-electron chi connectivity index (χ2n) is 7.47. The Bertz CT molecular complexity index is 722. The van der Waals surface area contributed by atoms with E-state index in [4.69, 9.17) is 21.4 Å². The zero-order valence-corrected chi connectivity index (χ0v) is 19.7. The molecule has 2 aromatic rings. The molecule has 1 radical (unpaired) electrons. The standard InChI is InChI=1S/C23H28ClO3.Y/c1-27-19-4-2-3-18(13-19)14-21-20(22(24)15-23(21)26)10-9-16-5-7-17(8-6-16)11-12-25;/h2-8,13,20-23,25-26H,1,9-12,14-15H2;/q-1;/t20-,21-,22?,23?;/m1./s1. The number of halogens is 1. The Balaban J connectivity index is 0.00000280. The van der Waals surface area contributed by atoms with Gasteiger partial charge in [0.15, 0.2) is 0 Å². The van der Waals surface area contributed by atoms with Crippen LogP contribution in [0.5, 0.6) is 5.75 Å². The third kappa shape index (κ3) is 6.27. The number of alkyl halides is 1. The van der Waals surface area contributed by atoms with Gasteiger partial charge in [0.05, 0.1) is 11.9 Å². The van der Waals surface area contributed by atoms with Crippen LogP contribution in [0.15, 0.2) is 48.5 Å². The fourth-order valence-corrected chi connectivity index (χ4v) is 4.68. The zero-order valence-electron chi connectivity index (χ0n) is 16.1. The minimum absolute atomic E-state index is 0. The van der Waals surface area contributed by atoms with Crippen molar-refractivity contribution >= 4 is 11.6 Å². The fraction of sp³-hybridized carbons (Fsp3) is 0.435. The molecule has 5 heteroatoms. The molecule has 2 aromatic carbocycles. The monoisotopic (exact) mass is 476 g/mol. The van der Waals surface area contributed by atoms with Crippen molar-refractivity contribution < 1.29 is 47.7 Å². The molecule has 1 aliphatic carbocycles. The summed E-state index contributed by atoms with van der Waals surface area (Å²) in [5.41, 5.74) is 3.57. The molecule has 0 heterocycles. The van der Waals surface area contributed by atoms with Gasteiger partial charge in [0.25, 0.3) is 0 Å². The Morgan fingerprint density at radius 1 is 1.00 bits per heavy atom. The molecule has 149 valence electrons. The molecule has 2 unspecified atom stereocenters. The molecule has 2 N–H and O–H groups in total. The Hall–Kier alpha value is -0.446. The molecule has 3 rings (SSSR count). The molecule has 0 aromatic heterocycles. The summed E-state index contributed by atoms with van der Waals surface area (Å²) in [5, 5.41) is 19.6. The number of benzene rings is 2. The smallest absolute Gasteiger partial charge is 0.0845 e. The van der Waals surface area contributed by atoms with Crippen LogP contribution < -0.4 is 4.74 Å². The van der Waals surface area contributed by atoms with Crippen LogP contribution in [-0.4, -0.2) is 28.3 Å². The van der Waals surface area contributed by atoms with E-state index in [0.717, 1.165) is 36.1 Å². The molecular formula is C23H28ClO3Y-. The van der Waals surface area contributed by atoms with Gasteiger partial charge in [-0.1, -0.05) is 36.4 Å². The summed E-state index contributed by atoms with van der Waals surface area (Å²) in [7, 11) is 3.47. The Morgan fingerprint density at radius 3 is 2.32 bits per heavy atom. The predicted molar refractivity (Wildman–Crippen MR) is 109 cm³/mol. The maximum Gasteiger partial charge on any atom is 0.0845 e. The van der Waals surface area contributed by atoms with Crippen LogP contribution in [0.2, 0.25) is 0 Å². The topological polar surface area (TPSA) is 49.7 Å². The van der Waals surface area contributed by atoms with E-state index >= 15 is 0 Å². The van der Waals surface area contributed by atoms with Crippen molar-refractivity contribution in [1.82, 2.24) is 0 Å². The number of hydrogen-bond donors (Lipinski definition) is 2. The van der Waals surface area contributed by atoms with Crippen molar-refractivity contribution in [3.05, 3.63) is 72.3 Å². The second-order valence-corrected chi connectivity index (χ2v) is 8.03. The van der Waals surface area contributed by atoms with Crippen LogP contribution >= 0.6 is 11.6 Å². The molecule has 0 bridgehead atoms. The van der Waals surface area contributed by atoms with Crippen LogP contribution in [0.4, 0.5) is 0 Å². The average molecular weight is 477 g/mol. The summed E-state index contributed by atoms with van der Waals surface area (Å²) in [6.45, 7) is 0.176. The van der Waals surface area contributed by atoms with E-state index in [2.05, 4.69) is 37.4 Å². The van der Waals surface area contributed by atoms with Crippen molar-refractivity contribution in [1.29, 1.82) is 0 Å². The first kappa shape index (κ1) is 23.8. The SMILES string of the molecule is [CH2-]Oc1cccc(C[C@H]2C(O)CC(Cl)[C@@H]2CCc2ccc(CCO)cc2)c1.[Y]. The Labute approximate surface area is 198 Å². The van der Waals surface area contributed by atoms with E-state index in [-0.39, 0.29) is 62.6 Å². The van der Waals surface area contributed by atoms with Crippen molar-refractivity contribution in [2.75, 3.05) is 6.61 Å². The molecule has 0 aliphatic heterocycles. The van der Waals surface area contributed by atoms with Gasteiger partial charge in [-0.15, -0.1) is 11.6 Å². The first-order valence-corrected chi connectivity index (χ1v) is 10.1. The van der Waals surface area contributed by atoms with Gasteiger partial charge in [-0.2, -0.15) is 7.11 Å². The van der Waals surface area contributed by atoms with Gasteiger partial charge < -0.3 is 14.9 Å². The molecule has 1 aliphatic rings. The van der Waals surface area contributed by atoms with Crippen molar-refractivity contribution in [2.24, 2.45) is 11.8 Å². The molecule has 0 spiro atoms. The molecule has 0 amide bonds. The molecule has 0 saturated heterocycles. The number of ether oxygens (including phenoxy) is 1. The van der Waals surface area contributed by atoms with Crippen LogP contribution in [0, 0.1) is 18.9 Å². The van der Waals surface area contributed by atoms with Gasteiger partial charge in [-0.25, -0.2) is 0 Å². The summed E-state index contributed by atoms with van der Waals surface area (Å²) in [4.78, 5) is 0. The summed E-state index contributed by atoms with van der Waals surface area (Å²) >= 11 is 6.60. The summed E-state index contributed by atoms with van der Waals surface area (Å²) < 4.78 is 5.07. The normalized spacial score (nSPS) is 24.0. The van der Waals surface area contributed by atoms with E-state index in [1.165, 1.54) is 5.56 Å². The van der Waals surface area contributed by atoms with Crippen LogP contribution in [0.1, 0.15) is 29.5 Å². The van der Waals surface area contributed by atoms with Gasteiger partial charge in [0, 0.05) is 44.7 Å². The van der Waals surface area contributed by atoms with Crippen LogP contribution in [0.25, 0.3) is 0 Å². The van der Waals surface area contributed by atoms with Gasteiger partial charge in [0.2, 0.25) is 0 Å². The zero-order chi connectivity index (χ0) is 19.2. The Morgan fingerprint density at radius 2 is 1.68 bits per heavy atom. The number of aliphatic hydroxyl groups is 2. The quantitative estimate of drug-likeness (QED) is 0.444. The van der Waals surface area contributed by atoms with Crippen molar-refractivity contribution in [3.63, 3.8) is 0 Å². The average Bonchev–Trinajstić information content (AvgIpc) is 2.94. The van der Waals surface area contributed by atoms with Crippen LogP contribution in [-0.2, 0) is 52.0 Å². The van der Waals surface area contributed by atoms with Crippen molar-refractivity contribution in [3.8, 4) is 5.75 Å². The Kier molecular flexibility index (Phi) is 9.93. The summed E-state index contributed by atoms with van der Waals surface area (Å²) in [5.74, 6) is 1.17. The van der Waals surface area contributed by atoms with E-state index in [9.17, 15) is 5.11 Å². The molecule has 1 saturated carbocycles. The van der Waals surface area contributed by atoms with Crippen molar-refractivity contribution in [2.45, 2.75) is 43.6 Å². The number of rotatable bonds is 8. The third-order valence-electron chi connectivity index (χ3n) is 5.70. The predicted octanol–water partition coefficient (Wildman–Crippen LogP) is 4.17. The minimum Gasteiger partial charge on any atom is -0.665 e. The third-order valence-corrected chi connectivity index (χ3v) is 6.20. The van der Waals surface area contributed by atoms with Crippen LogP contribution in [0.3, 0.4) is 0 Å². The molecule has 1 fully saturated rings. The number of aryl methyl sites for hydroxylation is 1. The first-order valence-electron chi connectivity index (χ1n) is 9.62. The molecular weight excluding hydrogens is 449 g/mol. The number of hydrogen-bond acceptors (Lipinski definition) is 3. The van der Waals surface area contributed by atoms with Gasteiger partial charge in [-0.05, 0) is 72.8 Å². The molecule has 4 atom stereocenters. The summed E-state index contributed by atoms with van der Waals surface area (Å²) in [6.07, 6.45) is 3.67. The van der Waals surface area contributed by atoms with Gasteiger partial charge in [-0.3, -0.25) is 0 Å². The molecule has 3 nitrogen and oxygen atoms in total. The van der Waals surface area contributed by atoms with E-state index in [0.29, 0.717) is 12.8 Å². The number of aliphatic hydroxyl groups excluding tert-OH is 2. The van der Waals surface area contributed by atoms with E-state index in [1.54, 1.807) is 0 Å². The van der Waals surface area contributed by atoms with Gasteiger partial charge >= 0.3 is 0 Å². The van der Waals surface area contributed by atoms with E-state index in [1.807, 2.05) is 18.2 Å². The first-order chi connectivity index (χ1) is 13.1. The second kappa shape index (κ2) is 11.7.